The number of aliphatic hydroxyl groups excluding tert-OH is 5. The van der Waals surface area contributed by atoms with Gasteiger partial charge >= 0.3 is 0 Å². The van der Waals surface area contributed by atoms with Crippen molar-refractivity contribution in [1.82, 2.24) is 5.32 Å². The summed E-state index contributed by atoms with van der Waals surface area (Å²) in [6.07, 6.45) is 61.3. The van der Waals surface area contributed by atoms with Crippen molar-refractivity contribution in [2.75, 3.05) is 13.2 Å². The maximum Gasteiger partial charge on any atom is 0.220 e. The fraction of sp³-hybridized carbons (Fsp3) is 0.921. The quantitative estimate of drug-likeness (QED) is 0.0261. The molecule has 0 bridgehead atoms. The Morgan fingerprint density at radius 1 is 0.458 bits per heavy atom. The van der Waals surface area contributed by atoms with Crippen LogP contribution in [-0.4, -0.2) is 87.5 Å². The van der Waals surface area contributed by atoms with E-state index in [1.165, 1.54) is 257 Å². The summed E-state index contributed by atoms with van der Waals surface area (Å²) >= 11 is 0. The molecule has 0 spiro atoms. The van der Waals surface area contributed by atoms with Crippen LogP contribution in [0.4, 0.5) is 0 Å². The molecule has 0 aromatic carbocycles. The van der Waals surface area contributed by atoms with Crippen LogP contribution >= 0.6 is 0 Å². The minimum atomic E-state index is -1.57. The maximum atomic E-state index is 13.1. The zero-order chi connectivity index (χ0) is 52.2. The van der Waals surface area contributed by atoms with Crippen LogP contribution in [0.3, 0.4) is 0 Å². The Hall–Kier alpha value is -1.33. The lowest BCUT2D eigenvalue weighted by atomic mass is 9.99. The van der Waals surface area contributed by atoms with Gasteiger partial charge < -0.3 is 40.3 Å². The predicted octanol–water partition coefficient (Wildman–Crippen LogP) is 16.1. The van der Waals surface area contributed by atoms with E-state index < -0.39 is 49.5 Å². The van der Waals surface area contributed by atoms with Gasteiger partial charge in [0.25, 0.3) is 0 Å². The summed E-state index contributed by atoms with van der Waals surface area (Å²) in [6.45, 7) is 3.81. The Morgan fingerprint density at radius 2 is 0.792 bits per heavy atom. The predicted molar refractivity (Wildman–Crippen MR) is 304 cm³/mol. The minimum absolute atomic E-state index is 0.180. The first-order valence-electron chi connectivity index (χ1n) is 31.6. The van der Waals surface area contributed by atoms with E-state index in [4.69, 9.17) is 9.47 Å². The van der Waals surface area contributed by atoms with Crippen LogP contribution in [0.25, 0.3) is 0 Å². The Bertz CT molecular complexity index is 1180. The van der Waals surface area contributed by atoms with Crippen molar-refractivity contribution in [3.05, 3.63) is 24.3 Å². The van der Waals surface area contributed by atoms with Gasteiger partial charge in [0.05, 0.1) is 25.4 Å². The van der Waals surface area contributed by atoms with Gasteiger partial charge in [-0.25, -0.2) is 0 Å². The molecular weight excluding hydrogens is 899 g/mol. The van der Waals surface area contributed by atoms with Gasteiger partial charge in [-0.2, -0.15) is 0 Å². The van der Waals surface area contributed by atoms with Crippen LogP contribution in [0.1, 0.15) is 316 Å². The number of allylic oxidation sites excluding steroid dienone is 3. The van der Waals surface area contributed by atoms with Gasteiger partial charge in [0.2, 0.25) is 5.91 Å². The topological polar surface area (TPSA) is 149 Å². The molecule has 6 N–H and O–H groups in total. The van der Waals surface area contributed by atoms with Gasteiger partial charge in [-0.3, -0.25) is 4.79 Å². The maximum absolute atomic E-state index is 13.1. The standard InChI is InChI=1S/C63H121NO8/c1-3-5-7-9-11-13-15-17-19-21-23-25-26-27-28-29-30-31-32-33-34-36-38-40-42-44-46-48-50-52-57(66)56(55-71-63-62(70)61(69)60(68)58(54-65)72-63)64-59(67)53-51-49-47-45-43-41-39-37-35-24-22-20-18-16-14-12-10-8-6-4-2/h42,44,50,52,56-58,60-63,65-66,68-70H,3-41,43,45-49,51,53-55H2,1-2H3,(H,64,67)/b44-42+,52-50+. The van der Waals surface area contributed by atoms with E-state index in [0.29, 0.717) is 6.42 Å². The SMILES string of the molecule is CCCCCCCCCCCCCCCCCCCCCCCCC/C=C/CC/C=C/C(O)C(COC1OC(CO)C(O)C(O)C1O)NC(=O)CCCCCCCCCCCCCCCCCCCCCC. The highest BCUT2D eigenvalue weighted by Crippen LogP contribution is 2.23. The van der Waals surface area contributed by atoms with E-state index in [-0.39, 0.29) is 12.5 Å². The molecule has 9 heteroatoms. The Labute approximate surface area is 445 Å². The first-order valence-corrected chi connectivity index (χ1v) is 31.6. The van der Waals surface area contributed by atoms with E-state index in [1.54, 1.807) is 6.08 Å². The van der Waals surface area contributed by atoms with Crippen molar-refractivity contribution < 1.29 is 39.8 Å². The molecule has 1 saturated heterocycles. The van der Waals surface area contributed by atoms with Gasteiger partial charge in [-0.05, 0) is 32.1 Å². The Kier molecular flexibility index (Phi) is 50.6. The van der Waals surface area contributed by atoms with Crippen molar-refractivity contribution >= 4 is 5.91 Å². The number of nitrogens with one attached hydrogen (secondary N) is 1. The summed E-state index contributed by atoms with van der Waals surface area (Å²) in [5.41, 5.74) is 0. The van der Waals surface area contributed by atoms with Crippen LogP contribution in [0.15, 0.2) is 24.3 Å². The number of rotatable bonds is 55. The summed E-state index contributed by atoms with van der Waals surface area (Å²) in [5.74, 6) is -0.180. The smallest absolute Gasteiger partial charge is 0.220 e. The molecule has 1 rings (SSSR count). The molecule has 1 fully saturated rings. The number of aliphatic hydroxyl groups is 5. The average Bonchev–Trinajstić information content (AvgIpc) is 3.38. The Morgan fingerprint density at radius 3 is 1.17 bits per heavy atom. The number of hydrogen-bond acceptors (Lipinski definition) is 8. The average molecular weight is 1020 g/mol. The van der Waals surface area contributed by atoms with Gasteiger partial charge in [-0.15, -0.1) is 0 Å². The molecule has 7 unspecified atom stereocenters. The lowest BCUT2D eigenvalue weighted by Crippen LogP contribution is -2.60. The zero-order valence-corrected chi connectivity index (χ0v) is 47.5. The van der Waals surface area contributed by atoms with Crippen LogP contribution in [-0.2, 0) is 14.3 Å². The molecule has 1 aliphatic heterocycles. The second-order valence-electron chi connectivity index (χ2n) is 22.2. The largest absolute Gasteiger partial charge is 0.394 e. The second kappa shape index (κ2) is 53.1. The lowest BCUT2D eigenvalue weighted by Gasteiger charge is -2.40. The van der Waals surface area contributed by atoms with E-state index in [9.17, 15) is 30.3 Å². The van der Waals surface area contributed by atoms with Crippen LogP contribution in [0, 0.1) is 0 Å². The molecule has 0 radical (unpaired) electrons. The first-order chi connectivity index (χ1) is 35.3. The third-order valence-electron chi connectivity index (χ3n) is 15.3. The molecule has 72 heavy (non-hydrogen) atoms. The van der Waals surface area contributed by atoms with Crippen molar-refractivity contribution in [2.45, 2.75) is 358 Å². The van der Waals surface area contributed by atoms with Crippen molar-refractivity contribution in [1.29, 1.82) is 0 Å². The third-order valence-corrected chi connectivity index (χ3v) is 15.3. The summed E-state index contributed by atoms with van der Waals surface area (Å²) in [7, 11) is 0. The van der Waals surface area contributed by atoms with Gasteiger partial charge in [-0.1, -0.05) is 301 Å². The van der Waals surface area contributed by atoms with Crippen molar-refractivity contribution in [3.8, 4) is 0 Å². The number of hydrogen-bond donors (Lipinski definition) is 6. The number of amides is 1. The Balaban J connectivity index is 2.19. The van der Waals surface area contributed by atoms with Crippen LogP contribution in [0.2, 0.25) is 0 Å². The van der Waals surface area contributed by atoms with Gasteiger partial charge in [0, 0.05) is 6.42 Å². The fourth-order valence-corrected chi connectivity index (χ4v) is 10.3. The zero-order valence-electron chi connectivity index (χ0n) is 47.5. The number of ether oxygens (including phenoxy) is 2. The highest BCUT2D eigenvalue weighted by Gasteiger charge is 2.44. The molecule has 426 valence electrons. The monoisotopic (exact) mass is 1020 g/mol. The number of carbonyl (C=O) groups is 1. The van der Waals surface area contributed by atoms with Crippen LogP contribution < -0.4 is 5.32 Å². The molecule has 1 aliphatic rings. The lowest BCUT2D eigenvalue weighted by molar-refractivity contribution is -0.302. The summed E-state index contributed by atoms with van der Waals surface area (Å²) in [5, 5.41) is 54.6. The first kappa shape index (κ1) is 68.7. The second-order valence-corrected chi connectivity index (χ2v) is 22.2. The van der Waals surface area contributed by atoms with Crippen molar-refractivity contribution in [3.63, 3.8) is 0 Å². The number of unbranched alkanes of at least 4 members (excludes halogenated alkanes) is 43. The molecular formula is C63H121NO8. The molecule has 0 aliphatic carbocycles. The molecule has 1 amide bonds. The van der Waals surface area contributed by atoms with E-state index >= 15 is 0 Å². The fourth-order valence-electron chi connectivity index (χ4n) is 10.3. The molecule has 9 nitrogen and oxygen atoms in total. The van der Waals surface area contributed by atoms with Crippen LogP contribution in [0.5, 0.6) is 0 Å². The molecule has 0 aromatic heterocycles. The summed E-state index contributed by atoms with van der Waals surface area (Å²) < 4.78 is 11.3. The third kappa shape index (κ3) is 41.9. The highest BCUT2D eigenvalue weighted by atomic mass is 16.7. The number of carbonyl (C=O) groups excluding carboxylic acids is 1. The van der Waals surface area contributed by atoms with E-state index in [0.717, 1.165) is 38.5 Å². The van der Waals surface area contributed by atoms with Gasteiger partial charge in [0.1, 0.15) is 24.4 Å². The minimum Gasteiger partial charge on any atom is -0.394 e. The van der Waals surface area contributed by atoms with E-state index in [1.807, 2.05) is 6.08 Å². The summed E-state index contributed by atoms with van der Waals surface area (Å²) in [6, 6.07) is -0.819. The van der Waals surface area contributed by atoms with Crippen molar-refractivity contribution in [2.24, 2.45) is 0 Å². The molecule has 0 saturated carbocycles. The van der Waals surface area contributed by atoms with E-state index in [2.05, 4.69) is 31.3 Å². The molecule has 7 atom stereocenters. The van der Waals surface area contributed by atoms with Gasteiger partial charge in [0.15, 0.2) is 6.29 Å². The summed E-state index contributed by atoms with van der Waals surface area (Å²) in [4.78, 5) is 13.1. The molecule has 0 aromatic rings. The normalized spacial score (nSPS) is 19.2. The molecule has 1 heterocycles. The highest BCUT2D eigenvalue weighted by molar-refractivity contribution is 5.76.